The molecule has 1 N–H and O–H groups in total. The second kappa shape index (κ2) is 5.41. The van der Waals surface area contributed by atoms with Gasteiger partial charge >= 0.3 is 5.97 Å². The molecule has 16 heavy (non-hydrogen) atoms. The van der Waals surface area contributed by atoms with Crippen molar-refractivity contribution < 1.29 is 14.3 Å². The van der Waals surface area contributed by atoms with E-state index >= 15 is 0 Å². The Bertz CT molecular complexity index is 396. The Balaban J connectivity index is 3.05. The third-order valence-corrected chi connectivity index (χ3v) is 2.81. The Labute approximate surface area is 102 Å². The van der Waals surface area contributed by atoms with Gasteiger partial charge in [0.05, 0.1) is 6.42 Å². The summed E-state index contributed by atoms with van der Waals surface area (Å²) in [4.78, 5) is 12.4. The van der Waals surface area contributed by atoms with E-state index in [-0.39, 0.29) is 6.42 Å². The largest absolute Gasteiger partial charge is 0.481 e. The molecule has 1 atom stereocenters. The van der Waals surface area contributed by atoms with Crippen LogP contribution in [0.25, 0.3) is 0 Å². The molecule has 0 aliphatic rings. The van der Waals surface area contributed by atoms with Crippen molar-refractivity contribution >= 4 is 21.9 Å². The maximum Gasteiger partial charge on any atom is 0.305 e. The van der Waals surface area contributed by atoms with E-state index in [1.165, 1.54) is 6.07 Å². The standard InChI is InChI=1S/C11H13BrFNO2/c1-14(2)10(6-11(15)16)8-4-3-7(12)5-9(8)13/h3-5,10H,6H2,1-2H3,(H,15,16). The second-order valence-electron chi connectivity index (χ2n) is 3.74. The fourth-order valence-electron chi connectivity index (χ4n) is 1.51. The van der Waals surface area contributed by atoms with Crippen molar-refractivity contribution in [2.45, 2.75) is 12.5 Å². The van der Waals surface area contributed by atoms with Gasteiger partial charge in [-0.05, 0) is 26.2 Å². The molecule has 3 nitrogen and oxygen atoms in total. The van der Waals surface area contributed by atoms with Crippen LogP contribution < -0.4 is 0 Å². The van der Waals surface area contributed by atoms with Crippen LogP contribution >= 0.6 is 15.9 Å². The van der Waals surface area contributed by atoms with Crippen LogP contribution in [0, 0.1) is 5.82 Å². The monoisotopic (exact) mass is 289 g/mol. The van der Waals surface area contributed by atoms with E-state index in [2.05, 4.69) is 15.9 Å². The van der Waals surface area contributed by atoms with Gasteiger partial charge in [-0.15, -0.1) is 0 Å². The molecule has 0 aromatic heterocycles. The number of carbonyl (C=O) groups is 1. The molecule has 1 aromatic carbocycles. The van der Waals surface area contributed by atoms with Crippen molar-refractivity contribution in [1.29, 1.82) is 0 Å². The number of hydrogen-bond donors (Lipinski definition) is 1. The minimum atomic E-state index is -0.944. The summed E-state index contributed by atoms with van der Waals surface area (Å²) < 4.78 is 14.3. The first-order valence-electron chi connectivity index (χ1n) is 4.75. The molecule has 1 aromatic rings. The summed E-state index contributed by atoms with van der Waals surface area (Å²) in [6.07, 6.45) is -0.119. The fourth-order valence-corrected chi connectivity index (χ4v) is 1.84. The Morgan fingerprint density at radius 3 is 2.62 bits per heavy atom. The summed E-state index contributed by atoms with van der Waals surface area (Å²) in [5.74, 6) is -1.34. The summed E-state index contributed by atoms with van der Waals surface area (Å²) in [6.45, 7) is 0. The molecule has 0 heterocycles. The number of hydrogen-bond acceptors (Lipinski definition) is 2. The lowest BCUT2D eigenvalue weighted by molar-refractivity contribution is -0.138. The predicted octanol–water partition coefficient (Wildman–Crippen LogP) is 2.67. The van der Waals surface area contributed by atoms with Gasteiger partial charge < -0.3 is 10.0 Å². The van der Waals surface area contributed by atoms with Gasteiger partial charge in [0.15, 0.2) is 0 Å². The first-order valence-corrected chi connectivity index (χ1v) is 5.54. The zero-order valence-corrected chi connectivity index (χ0v) is 10.7. The normalized spacial score (nSPS) is 12.8. The van der Waals surface area contributed by atoms with Crippen molar-refractivity contribution in [3.63, 3.8) is 0 Å². The zero-order valence-electron chi connectivity index (χ0n) is 9.08. The lowest BCUT2D eigenvalue weighted by atomic mass is 10.0. The Morgan fingerprint density at radius 2 is 2.19 bits per heavy atom. The van der Waals surface area contributed by atoms with Crippen LogP contribution in [0.1, 0.15) is 18.0 Å². The second-order valence-corrected chi connectivity index (χ2v) is 4.66. The molecule has 0 radical (unpaired) electrons. The van der Waals surface area contributed by atoms with Crippen LogP contribution in [0.15, 0.2) is 22.7 Å². The zero-order chi connectivity index (χ0) is 12.3. The van der Waals surface area contributed by atoms with Gasteiger partial charge in [0.2, 0.25) is 0 Å². The van der Waals surface area contributed by atoms with E-state index in [0.717, 1.165) is 0 Å². The van der Waals surface area contributed by atoms with Crippen LogP contribution in [-0.4, -0.2) is 30.1 Å². The highest BCUT2D eigenvalue weighted by Gasteiger charge is 2.20. The van der Waals surface area contributed by atoms with Gasteiger partial charge in [0.1, 0.15) is 5.82 Å². The lowest BCUT2D eigenvalue weighted by Gasteiger charge is -2.23. The Kier molecular flexibility index (Phi) is 4.44. The molecule has 0 amide bonds. The highest BCUT2D eigenvalue weighted by atomic mass is 79.9. The molecule has 1 rings (SSSR count). The summed E-state index contributed by atoms with van der Waals surface area (Å²) in [5.41, 5.74) is 0.399. The molecular formula is C11H13BrFNO2. The van der Waals surface area contributed by atoms with Gasteiger partial charge in [0.25, 0.3) is 0 Å². The molecule has 1 unspecified atom stereocenters. The molecule has 0 bridgehead atoms. The molecule has 0 aliphatic heterocycles. The summed E-state index contributed by atoms with van der Waals surface area (Å²) in [5, 5.41) is 8.78. The Morgan fingerprint density at radius 1 is 1.56 bits per heavy atom. The van der Waals surface area contributed by atoms with Crippen molar-refractivity contribution in [2.24, 2.45) is 0 Å². The van der Waals surface area contributed by atoms with Crippen LogP contribution in [0.5, 0.6) is 0 Å². The smallest absolute Gasteiger partial charge is 0.305 e. The maximum atomic E-state index is 13.7. The van der Waals surface area contributed by atoms with E-state index in [9.17, 15) is 9.18 Å². The third kappa shape index (κ3) is 3.28. The summed E-state index contributed by atoms with van der Waals surface area (Å²) in [7, 11) is 3.46. The van der Waals surface area contributed by atoms with Gasteiger partial charge in [-0.1, -0.05) is 22.0 Å². The maximum absolute atomic E-state index is 13.7. The number of halogens is 2. The number of rotatable bonds is 4. The highest BCUT2D eigenvalue weighted by molar-refractivity contribution is 9.10. The number of carboxylic acids is 1. The number of carboxylic acid groups (broad SMARTS) is 1. The van der Waals surface area contributed by atoms with Crippen molar-refractivity contribution in [3.05, 3.63) is 34.1 Å². The van der Waals surface area contributed by atoms with E-state index < -0.39 is 17.8 Å². The Hall–Kier alpha value is -0.940. The first kappa shape index (κ1) is 13.1. The van der Waals surface area contributed by atoms with Crippen LogP contribution in [-0.2, 0) is 4.79 Å². The van der Waals surface area contributed by atoms with E-state index in [1.54, 1.807) is 31.1 Å². The molecule has 0 aliphatic carbocycles. The SMILES string of the molecule is CN(C)C(CC(=O)O)c1ccc(Br)cc1F. The molecule has 0 saturated carbocycles. The molecule has 88 valence electrons. The highest BCUT2D eigenvalue weighted by Crippen LogP contribution is 2.26. The molecule has 0 spiro atoms. The van der Waals surface area contributed by atoms with Gasteiger partial charge in [-0.3, -0.25) is 4.79 Å². The first-order chi connectivity index (χ1) is 7.41. The van der Waals surface area contributed by atoms with Gasteiger partial charge in [-0.25, -0.2) is 4.39 Å². The predicted molar refractivity (Wildman–Crippen MR) is 62.8 cm³/mol. The van der Waals surface area contributed by atoms with Crippen molar-refractivity contribution in [1.82, 2.24) is 4.90 Å². The van der Waals surface area contributed by atoms with Crippen LogP contribution in [0.4, 0.5) is 4.39 Å². The lowest BCUT2D eigenvalue weighted by Crippen LogP contribution is -2.23. The van der Waals surface area contributed by atoms with Crippen molar-refractivity contribution in [3.8, 4) is 0 Å². The fraction of sp³-hybridized carbons (Fsp3) is 0.364. The minimum absolute atomic E-state index is 0.119. The number of benzene rings is 1. The molecular weight excluding hydrogens is 277 g/mol. The number of nitrogens with zero attached hydrogens (tertiary/aromatic N) is 1. The minimum Gasteiger partial charge on any atom is -0.481 e. The van der Waals surface area contributed by atoms with Gasteiger partial charge in [-0.2, -0.15) is 0 Å². The molecule has 0 saturated heterocycles. The summed E-state index contributed by atoms with van der Waals surface area (Å²) >= 11 is 3.16. The molecule has 5 heteroatoms. The average Bonchev–Trinajstić information content (AvgIpc) is 2.14. The van der Waals surface area contributed by atoms with E-state index in [0.29, 0.717) is 10.0 Å². The summed E-state index contributed by atoms with van der Waals surface area (Å²) in [6, 6.07) is 4.20. The number of aliphatic carboxylic acids is 1. The van der Waals surface area contributed by atoms with Crippen LogP contribution in [0.2, 0.25) is 0 Å². The van der Waals surface area contributed by atoms with E-state index in [1.807, 2.05) is 0 Å². The van der Waals surface area contributed by atoms with Gasteiger partial charge in [0, 0.05) is 16.1 Å². The van der Waals surface area contributed by atoms with E-state index in [4.69, 9.17) is 5.11 Å². The average molecular weight is 290 g/mol. The third-order valence-electron chi connectivity index (χ3n) is 2.31. The topological polar surface area (TPSA) is 40.5 Å². The van der Waals surface area contributed by atoms with Crippen molar-refractivity contribution in [2.75, 3.05) is 14.1 Å². The molecule has 0 fully saturated rings. The quantitative estimate of drug-likeness (QED) is 0.926. The van der Waals surface area contributed by atoms with Crippen LogP contribution in [0.3, 0.4) is 0 Å².